The van der Waals surface area contributed by atoms with Crippen molar-refractivity contribution in [3.63, 3.8) is 0 Å². The number of aryl methyl sites for hydroxylation is 2. The molecule has 4 aromatic carbocycles. The number of hydrogen-bond donors (Lipinski definition) is 0. The summed E-state index contributed by atoms with van der Waals surface area (Å²) >= 11 is 1.80. The molecule has 0 spiro atoms. The second kappa shape index (κ2) is 14.7. The van der Waals surface area contributed by atoms with Crippen LogP contribution >= 0.6 is 0 Å². The summed E-state index contributed by atoms with van der Waals surface area (Å²) in [6.07, 6.45) is 0. The van der Waals surface area contributed by atoms with Crippen molar-refractivity contribution in [1.82, 2.24) is 0 Å². The van der Waals surface area contributed by atoms with E-state index in [0.717, 1.165) is 0 Å². The standard InChI is InChI=1S/2C10H9.C4H10Si.2BrH.Zr/c2*1-8-6-9-4-2-3-5-10(9)7-8;1-3-5-4-2;;;/h2*2-7H,1H3;3-4H2,1-2H3;2*1H;/q2*-1;;;;+2/p-2. The molecule has 4 rings (SSSR count). The van der Waals surface area contributed by atoms with Gasteiger partial charge in [-0.2, -0.15) is 12.1 Å². The fourth-order valence-corrected chi connectivity index (χ4v) is 3.36. The Morgan fingerprint density at radius 2 is 1.07 bits per heavy atom. The maximum atomic E-state index is 2.30. The summed E-state index contributed by atoms with van der Waals surface area (Å²) in [7, 11) is 0. The normalized spacial score (nSPS) is 9.36. The zero-order chi connectivity index (χ0) is 18.9. The number of hydrogen-bond acceptors (Lipinski definition) is 0. The van der Waals surface area contributed by atoms with E-state index in [1.165, 1.54) is 44.8 Å². The predicted octanol–water partition coefficient (Wildman–Crippen LogP) is 1.31. The summed E-state index contributed by atoms with van der Waals surface area (Å²) in [4.78, 5) is 0. The topological polar surface area (TPSA) is 0 Å². The molecule has 0 aliphatic heterocycles. The molecule has 0 heterocycles. The first-order valence-corrected chi connectivity index (χ1v) is 14.9. The fraction of sp³-hybridized carbons (Fsp3) is 0.250. The Balaban J connectivity index is 0.000000391. The first-order valence-electron chi connectivity index (χ1n) is 9.34. The van der Waals surface area contributed by atoms with Gasteiger partial charge in [-0.05, 0) is 0 Å². The van der Waals surface area contributed by atoms with Gasteiger partial charge in [-0.25, -0.2) is 0 Å². The van der Waals surface area contributed by atoms with Crippen LogP contribution in [0.25, 0.3) is 21.5 Å². The zero-order valence-corrected chi connectivity index (χ0v) is 23.7. The van der Waals surface area contributed by atoms with Crippen molar-refractivity contribution in [2.45, 2.75) is 39.8 Å². The van der Waals surface area contributed by atoms with Crippen LogP contribution in [0.4, 0.5) is 0 Å². The summed E-state index contributed by atoms with van der Waals surface area (Å²) in [5, 5.41) is 5.39. The van der Waals surface area contributed by atoms with Gasteiger partial charge >= 0.3 is 54.7 Å². The van der Waals surface area contributed by atoms with Gasteiger partial charge in [0.1, 0.15) is 0 Å². The number of benzene rings is 2. The van der Waals surface area contributed by atoms with Crippen LogP contribution in [0.15, 0.2) is 72.8 Å². The summed E-state index contributed by atoms with van der Waals surface area (Å²) in [6, 6.07) is 28.6. The molecule has 0 saturated carbocycles. The van der Waals surface area contributed by atoms with E-state index < -0.39 is 0 Å². The Hall–Kier alpha value is -0.280. The average Bonchev–Trinajstić information content (AvgIpc) is 3.22. The van der Waals surface area contributed by atoms with E-state index in [1.54, 1.807) is 23.3 Å². The van der Waals surface area contributed by atoms with Gasteiger partial charge in [0, 0.05) is 0 Å². The molecule has 4 aromatic rings. The van der Waals surface area contributed by atoms with E-state index in [0.29, 0.717) is 0 Å². The summed E-state index contributed by atoms with van der Waals surface area (Å²) in [5.41, 5.74) is 2.92. The largest absolute Gasteiger partial charge is 1.00 e. The monoisotopic (exact) mass is 592 g/mol. The Labute approximate surface area is 206 Å². The van der Waals surface area contributed by atoms with Crippen molar-refractivity contribution >= 4 is 27.0 Å². The molecule has 0 bridgehead atoms. The minimum absolute atomic E-state index is 0. The minimum atomic E-state index is 0. The molecule has 148 valence electrons. The number of halogens is 2. The number of rotatable bonds is 2. The van der Waals surface area contributed by atoms with E-state index >= 15 is 0 Å². The van der Waals surface area contributed by atoms with Crippen LogP contribution in [0.2, 0.25) is 12.1 Å². The molecule has 0 fully saturated rings. The van der Waals surface area contributed by atoms with E-state index in [2.05, 4.69) is 100 Å². The van der Waals surface area contributed by atoms with Crippen molar-refractivity contribution in [2.75, 3.05) is 0 Å². The maximum absolute atomic E-state index is 2.30. The Morgan fingerprint density at radius 1 is 0.714 bits per heavy atom. The van der Waals surface area contributed by atoms with Gasteiger partial charge in [0.25, 0.3) is 0 Å². The molecule has 0 amide bonds. The van der Waals surface area contributed by atoms with Gasteiger partial charge in [0.2, 0.25) is 0 Å². The molecule has 0 unspecified atom stereocenters. The van der Waals surface area contributed by atoms with Gasteiger partial charge in [0.05, 0.1) is 0 Å². The summed E-state index contributed by atoms with van der Waals surface area (Å²) in [6.45, 7) is 8.85. The van der Waals surface area contributed by atoms with Crippen molar-refractivity contribution in [1.29, 1.82) is 0 Å². The van der Waals surface area contributed by atoms with E-state index in [1.807, 2.05) is 0 Å². The fourth-order valence-electron chi connectivity index (χ4n) is 2.86. The first-order chi connectivity index (χ1) is 12.5. The Bertz CT molecular complexity index is 825. The third-order valence-electron chi connectivity index (χ3n) is 4.38. The van der Waals surface area contributed by atoms with Crippen LogP contribution < -0.4 is 34.0 Å². The first kappa shape index (κ1) is 27.7. The van der Waals surface area contributed by atoms with Crippen LogP contribution in [-0.2, 0) is 23.3 Å². The van der Waals surface area contributed by atoms with Gasteiger partial charge in [0.15, 0.2) is 0 Å². The predicted molar refractivity (Wildman–Crippen MR) is 115 cm³/mol. The summed E-state index contributed by atoms with van der Waals surface area (Å²) < 4.78 is 0. The second-order valence-corrected chi connectivity index (χ2v) is 14.5. The van der Waals surface area contributed by atoms with Crippen LogP contribution in [0.3, 0.4) is 0 Å². The van der Waals surface area contributed by atoms with E-state index in [4.69, 9.17) is 0 Å². The molecule has 0 atom stereocenters. The average molecular weight is 596 g/mol. The molecule has 28 heavy (non-hydrogen) atoms. The Kier molecular flexibility index (Phi) is 14.5. The number of fused-ring (bicyclic) bond motifs is 2. The van der Waals surface area contributed by atoms with Gasteiger partial charge in [-0.15, -0.1) is 81.2 Å². The quantitative estimate of drug-likeness (QED) is 0.242. The van der Waals surface area contributed by atoms with Crippen LogP contribution in [-0.4, -0.2) is 5.43 Å². The molecule has 0 aromatic heterocycles. The Morgan fingerprint density at radius 3 is 1.36 bits per heavy atom. The van der Waals surface area contributed by atoms with Crippen molar-refractivity contribution in [3.8, 4) is 0 Å². The van der Waals surface area contributed by atoms with Crippen molar-refractivity contribution < 1.29 is 57.3 Å². The van der Waals surface area contributed by atoms with Gasteiger partial charge in [-0.3, -0.25) is 0 Å². The molecule has 0 radical (unpaired) electrons. The maximum Gasteiger partial charge on any atom is -0.0579 e. The van der Waals surface area contributed by atoms with Crippen molar-refractivity contribution in [3.05, 3.63) is 83.9 Å². The van der Waals surface area contributed by atoms with Gasteiger partial charge < -0.3 is 34.0 Å². The minimum Gasteiger partial charge on any atom is -1.00 e. The van der Waals surface area contributed by atoms with E-state index in [-0.39, 0.29) is 39.4 Å². The third-order valence-corrected chi connectivity index (χ3v) is 11.3. The van der Waals surface area contributed by atoms with Crippen molar-refractivity contribution in [2.24, 2.45) is 0 Å². The van der Waals surface area contributed by atoms with Gasteiger partial charge in [-0.1, -0.05) is 26.0 Å². The van der Waals surface area contributed by atoms with Crippen LogP contribution in [0.5, 0.6) is 0 Å². The molecule has 0 nitrogen and oxygen atoms in total. The molecule has 0 saturated heterocycles. The molecule has 4 heteroatoms. The molecular weight excluding hydrogens is 567 g/mol. The zero-order valence-electron chi connectivity index (χ0n) is 17.1. The molecule has 0 N–H and O–H groups in total. The second-order valence-electron chi connectivity index (χ2n) is 6.63. The van der Waals surface area contributed by atoms with Crippen LogP contribution in [0.1, 0.15) is 25.0 Å². The third kappa shape index (κ3) is 9.03. The molecular formula is C24H28Br2SiZr-2. The summed E-state index contributed by atoms with van der Waals surface area (Å²) in [5.74, 6) is 0. The molecule has 0 aliphatic rings. The van der Waals surface area contributed by atoms with E-state index in [9.17, 15) is 0 Å². The smallest absolute Gasteiger partial charge is 0.0579 e. The SMILES string of the molecule is CC[Si](=[Zr+2])CC.Cc1cc2ccccc2[cH-]1.Cc1cc2ccccc2[cH-]1.[Br-].[Br-]. The molecule has 0 aliphatic carbocycles. The van der Waals surface area contributed by atoms with Crippen LogP contribution in [0, 0.1) is 13.8 Å².